The lowest BCUT2D eigenvalue weighted by Crippen LogP contribution is -1.98. The normalized spacial score (nSPS) is 10.3. The average Bonchev–Trinajstić information content (AvgIpc) is 2.80. The van der Waals surface area contributed by atoms with E-state index in [1.807, 2.05) is 6.92 Å². The van der Waals surface area contributed by atoms with E-state index in [-0.39, 0.29) is 11.6 Å². The maximum absolute atomic E-state index is 13.1. The van der Waals surface area contributed by atoms with Crippen molar-refractivity contribution < 1.29 is 18.3 Å². The number of hydrogen-bond acceptors (Lipinski definition) is 3. The van der Waals surface area contributed by atoms with Gasteiger partial charge < -0.3 is 9.15 Å². The summed E-state index contributed by atoms with van der Waals surface area (Å²) in [5, 5.41) is 0. The third kappa shape index (κ3) is 2.20. The molecule has 88 valence electrons. The van der Waals surface area contributed by atoms with Crippen LogP contribution in [0.1, 0.15) is 16.1 Å². The second-order valence-corrected chi connectivity index (χ2v) is 3.61. The fraction of sp³-hybridized carbons (Fsp3) is 0.154. The van der Waals surface area contributed by atoms with Gasteiger partial charge in [-0.2, -0.15) is 0 Å². The molecule has 1 aromatic heterocycles. The molecule has 3 nitrogen and oxygen atoms in total. The highest BCUT2D eigenvalue weighted by Crippen LogP contribution is 2.26. The van der Waals surface area contributed by atoms with Gasteiger partial charge in [-0.25, -0.2) is 9.18 Å². The molecule has 1 heterocycles. The molecular weight excluding hydrogens is 223 g/mol. The molecule has 0 saturated heterocycles. The Bertz CT molecular complexity index is 558. The summed E-state index contributed by atoms with van der Waals surface area (Å²) in [4.78, 5) is 11.2. The molecule has 0 spiro atoms. The standard InChI is InChI=1S/C13H11FO3/c1-8-3-4-9(14)7-10(8)11-5-6-12(17-11)13(15)16-2/h3-7H,1-2H3. The van der Waals surface area contributed by atoms with E-state index >= 15 is 0 Å². The molecule has 0 fully saturated rings. The molecular formula is C13H11FO3. The number of esters is 1. The molecule has 0 N–H and O–H groups in total. The van der Waals surface area contributed by atoms with E-state index in [4.69, 9.17) is 4.42 Å². The van der Waals surface area contributed by atoms with Crippen LogP contribution < -0.4 is 0 Å². The monoisotopic (exact) mass is 234 g/mol. The quantitative estimate of drug-likeness (QED) is 0.749. The van der Waals surface area contributed by atoms with Gasteiger partial charge in [-0.15, -0.1) is 0 Å². The van der Waals surface area contributed by atoms with Crippen LogP contribution in [0.3, 0.4) is 0 Å². The molecule has 2 aromatic rings. The molecule has 0 unspecified atom stereocenters. The first-order chi connectivity index (χ1) is 8.11. The zero-order valence-electron chi connectivity index (χ0n) is 9.49. The van der Waals surface area contributed by atoms with Crippen LogP contribution in [0.4, 0.5) is 4.39 Å². The molecule has 0 aliphatic rings. The maximum atomic E-state index is 13.1. The average molecular weight is 234 g/mol. The van der Waals surface area contributed by atoms with E-state index in [1.54, 1.807) is 12.1 Å². The Balaban J connectivity index is 2.43. The molecule has 0 atom stereocenters. The second-order valence-electron chi connectivity index (χ2n) is 3.61. The van der Waals surface area contributed by atoms with Gasteiger partial charge in [-0.1, -0.05) is 6.07 Å². The molecule has 0 amide bonds. The molecule has 0 aliphatic heterocycles. The van der Waals surface area contributed by atoms with Crippen LogP contribution in [0, 0.1) is 12.7 Å². The summed E-state index contributed by atoms with van der Waals surface area (Å²) in [6.07, 6.45) is 0. The Labute approximate surface area is 97.8 Å². The van der Waals surface area contributed by atoms with Crippen molar-refractivity contribution in [2.24, 2.45) is 0 Å². The minimum Gasteiger partial charge on any atom is -0.463 e. The van der Waals surface area contributed by atoms with E-state index in [2.05, 4.69) is 4.74 Å². The Hall–Kier alpha value is -2.10. The zero-order valence-corrected chi connectivity index (χ0v) is 9.49. The lowest BCUT2D eigenvalue weighted by atomic mass is 10.1. The summed E-state index contributed by atoms with van der Waals surface area (Å²) in [6.45, 7) is 1.84. The van der Waals surface area contributed by atoms with E-state index in [0.29, 0.717) is 11.3 Å². The van der Waals surface area contributed by atoms with Crippen LogP contribution in [0.15, 0.2) is 34.7 Å². The van der Waals surface area contributed by atoms with Gasteiger partial charge in [0.1, 0.15) is 11.6 Å². The van der Waals surface area contributed by atoms with Crippen molar-refractivity contribution in [1.82, 2.24) is 0 Å². The first kappa shape index (κ1) is 11.4. The van der Waals surface area contributed by atoms with E-state index < -0.39 is 5.97 Å². The minimum absolute atomic E-state index is 0.103. The third-order valence-electron chi connectivity index (χ3n) is 2.46. The lowest BCUT2D eigenvalue weighted by Gasteiger charge is -2.02. The molecule has 2 rings (SSSR count). The van der Waals surface area contributed by atoms with Gasteiger partial charge in [0.2, 0.25) is 5.76 Å². The third-order valence-corrected chi connectivity index (χ3v) is 2.46. The van der Waals surface area contributed by atoms with Crippen molar-refractivity contribution >= 4 is 5.97 Å². The number of ether oxygens (including phenoxy) is 1. The van der Waals surface area contributed by atoms with E-state index in [1.165, 1.54) is 25.3 Å². The number of halogens is 1. The van der Waals surface area contributed by atoms with Crippen LogP contribution in [-0.4, -0.2) is 13.1 Å². The summed E-state index contributed by atoms with van der Waals surface area (Å²) >= 11 is 0. The number of carbonyl (C=O) groups excluding carboxylic acids is 1. The van der Waals surface area contributed by atoms with Crippen LogP contribution in [0.5, 0.6) is 0 Å². The van der Waals surface area contributed by atoms with Gasteiger partial charge in [0.05, 0.1) is 7.11 Å². The van der Waals surface area contributed by atoms with Crippen molar-refractivity contribution in [3.05, 3.63) is 47.5 Å². The van der Waals surface area contributed by atoms with E-state index in [0.717, 1.165) is 5.56 Å². The van der Waals surface area contributed by atoms with Gasteiger partial charge in [0.15, 0.2) is 0 Å². The van der Waals surface area contributed by atoms with Gasteiger partial charge in [0.25, 0.3) is 0 Å². The first-order valence-corrected chi connectivity index (χ1v) is 5.06. The molecule has 0 aliphatic carbocycles. The summed E-state index contributed by atoms with van der Waals surface area (Å²) in [5.74, 6) is -0.347. The highest BCUT2D eigenvalue weighted by molar-refractivity contribution is 5.87. The number of furan rings is 1. The summed E-state index contributed by atoms with van der Waals surface area (Å²) < 4.78 is 23.0. The lowest BCUT2D eigenvalue weighted by molar-refractivity contribution is 0.0566. The number of aryl methyl sites for hydroxylation is 1. The molecule has 0 radical (unpaired) electrons. The van der Waals surface area contributed by atoms with Crippen LogP contribution in [-0.2, 0) is 4.74 Å². The molecule has 0 saturated carbocycles. The fourth-order valence-corrected chi connectivity index (χ4v) is 1.55. The molecule has 1 aromatic carbocycles. The molecule has 0 bridgehead atoms. The number of rotatable bonds is 2. The smallest absolute Gasteiger partial charge is 0.373 e. The van der Waals surface area contributed by atoms with Gasteiger partial charge in [0, 0.05) is 5.56 Å². The summed E-state index contributed by atoms with van der Waals surface area (Å²) in [7, 11) is 1.28. The minimum atomic E-state index is -0.551. The Morgan fingerprint density at radius 1 is 1.29 bits per heavy atom. The topological polar surface area (TPSA) is 39.4 Å². The Morgan fingerprint density at radius 2 is 2.06 bits per heavy atom. The molecule has 4 heteroatoms. The zero-order chi connectivity index (χ0) is 12.4. The largest absolute Gasteiger partial charge is 0.463 e. The van der Waals surface area contributed by atoms with Crippen LogP contribution >= 0.6 is 0 Å². The van der Waals surface area contributed by atoms with Crippen molar-refractivity contribution in [3.63, 3.8) is 0 Å². The molecule has 17 heavy (non-hydrogen) atoms. The van der Waals surface area contributed by atoms with Crippen LogP contribution in [0.2, 0.25) is 0 Å². The highest BCUT2D eigenvalue weighted by Gasteiger charge is 2.13. The predicted octanol–water partition coefficient (Wildman–Crippen LogP) is 3.18. The fourth-order valence-electron chi connectivity index (χ4n) is 1.55. The number of hydrogen-bond donors (Lipinski definition) is 0. The first-order valence-electron chi connectivity index (χ1n) is 5.06. The van der Waals surface area contributed by atoms with E-state index in [9.17, 15) is 9.18 Å². The van der Waals surface area contributed by atoms with Crippen molar-refractivity contribution in [1.29, 1.82) is 0 Å². The predicted molar refractivity (Wildman–Crippen MR) is 60.2 cm³/mol. The second kappa shape index (κ2) is 4.41. The highest BCUT2D eigenvalue weighted by atomic mass is 19.1. The van der Waals surface area contributed by atoms with Crippen molar-refractivity contribution in [2.45, 2.75) is 6.92 Å². The Morgan fingerprint density at radius 3 is 2.76 bits per heavy atom. The number of carbonyl (C=O) groups is 1. The number of methoxy groups -OCH3 is 1. The summed E-state index contributed by atoms with van der Waals surface area (Å²) in [6, 6.07) is 7.53. The SMILES string of the molecule is COC(=O)c1ccc(-c2cc(F)ccc2C)o1. The van der Waals surface area contributed by atoms with Gasteiger partial charge >= 0.3 is 5.97 Å². The summed E-state index contributed by atoms with van der Waals surface area (Å²) in [5.41, 5.74) is 1.50. The van der Waals surface area contributed by atoms with Crippen molar-refractivity contribution in [2.75, 3.05) is 7.11 Å². The van der Waals surface area contributed by atoms with Crippen molar-refractivity contribution in [3.8, 4) is 11.3 Å². The van der Waals surface area contributed by atoms with Crippen LogP contribution in [0.25, 0.3) is 11.3 Å². The number of benzene rings is 1. The Kier molecular flexibility index (Phi) is 2.95. The van der Waals surface area contributed by atoms with Gasteiger partial charge in [-0.3, -0.25) is 0 Å². The maximum Gasteiger partial charge on any atom is 0.373 e. The van der Waals surface area contributed by atoms with Gasteiger partial charge in [-0.05, 0) is 36.8 Å².